The van der Waals surface area contributed by atoms with Gasteiger partial charge in [-0.05, 0) is 12.1 Å². The summed E-state index contributed by atoms with van der Waals surface area (Å²) in [4.78, 5) is 4.54. The highest BCUT2D eigenvalue weighted by Crippen LogP contribution is 2.39. The average Bonchev–Trinajstić information content (AvgIpc) is 2.64. The molecule has 0 saturated carbocycles. The average molecular weight is 260 g/mol. The summed E-state index contributed by atoms with van der Waals surface area (Å²) in [6.45, 7) is 0.737. The third-order valence-electron chi connectivity index (χ3n) is 2.05. The second-order valence-electron chi connectivity index (χ2n) is 2.88. The fraction of sp³-hybridized carbons (Fsp3) is 0.333. The molecule has 2 rings (SSSR count). The number of nitrogens with two attached hydrogens (primary N) is 1. The van der Waals surface area contributed by atoms with E-state index in [4.69, 9.17) is 15.4 Å². The Morgan fingerprint density at radius 3 is 3.07 bits per heavy atom. The van der Waals surface area contributed by atoms with E-state index in [1.54, 1.807) is 0 Å². The lowest BCUT2D eigenvalue weighted by atomic mass is 10.1. The number of benzene rings is 1. The lowest BCUT2D eigenvalue weighted by Crippen LogP contribution is -2.05. The molecule has 1 aromatic carbocycles. The quantitative estimate of drug-likeness (QED) is 0.839. The maximum absolute atomic E-state index is 5.36. The van der Waals surface area contributed by atoms with Crippen molar-refractivity contribution in [2.45, 2.75) is 6.42 Å². The fourth-order valence-electron chi connectivity index (χ4n) is 1.40. The summed E-state index contributed by atoms with van der Waals surface area (Å²) >= 11 is 3.45. The van der Waals surface area contributed by atoms with Gasteiger partial charge < -0.3 is 14.3 Å². The summed E-state index contributed by atoms with van der Waals surface area (Å²) in [5, 5.41) is 0. The number of rotatable bonds is 3. The Labute approximate surface area is 90.0 Å². The van der Waals surface area contributed by atoms with Crippen LogP contribution in [0, 0.1) is 0 Å². The minimum atomic E-state index is 0.280. The molecule has 0 saturated heterocycles. The lowest BCUT2D eigenvalue weighted by Gasteiger charge is -2.07. The van der Waals surface area contributed by atoms with Crippen LogP contribution < -0.4 is 15.4 Å². The molecule has 0 amide bonds. The van der Waals surface area contributed by atoms with Crippen molar-refractivity contribution in [1.29, 1.82) is 0 Å². The predicted octanol–water partition coefficient (Wildman–Crippen LogP) is 1.61. The van der Waals surface area contributed by atoms with Crippen LogP contribution in [0.4, 0.5) is 0 Å². The summed E-state index contributed by atoms with van der Waals surface area (Å²) in [7, 11) is 0. The van der Waals surface area contributed by atoms with Gasteiger partial charge in [0.15, 0.2) is 11.5 Å². The summed E-state index contributed by atoms with van der Waals surface area (Å²) < 4.78 is 11.6. The van der Waals surface area contributed by atoms with E-state index in [0.29, 0.717) is 13.0 Å². The topological polar surface area (TPSA) is 53.7 Å². The Hall–Kier alpha value is -0.780. The summed E-state index contributed by atoms with van der Waals surface area (Å²) in [5.74, 6) is 6.55. The van der Waals surface area contributed by atoms with Crippen molar-refractivity contribution in [2.24, 2.45) is 5.90 Å². The van der Waals surface area contributed by atoms with Gasteiger partial charge in [0, 0.05) is 16.5 Å². The van der Waals surface area contributed by atoms with Gasteiger partial charge in [-0.15, -0.1) is 0 Å². The molecule has 1 heterocycles. The number of halogens is 1. The van der Waals surface area contributed by atoms with E-state index < -0.39 is 0 Å². The molecule has 0 aliphatic carbocycles. The van der Waals surface area contributed by atoms with Gasteiger partial charge in [-0.3, -0.25) is 0 Å². The van der Waals surface area contributed by atoms with Crippen LogP contribution in [0.1, 0.15) is 5.56 Å². The molecule has 5 heteroatoms. The van der Waals surface area contributed by atoms with Crippen LogP contribution >= 0.6 is 15.9 Å². The Bertz CT molecular complexity index is 343. The van der Waals surface area contributed by atoms with Crippen LogP contribution in [-0.2, 0) is 11.3 Å². The van der Waals surface area contributed by atoms with Crippen molar-refractivity contribution < 1.29 is 14.3 Å². The first-order chi connectivity index (χ1) is 6.83. The first-order valence-electron chi connectivity index (χ1n) is 4.21. The third kappa shape index (κ3) is 1.70. The van der Waals surface area contributed by atoms with E-state index in [2.05, 4.69) is 20.8 Å². The number of fused-ring (bicyclic) bond motifs is 1. The minimum Gasteiger partial charge on any atom is -0.454 e. The van der Waals surface area contributed by atoms with E-state index in [0.717, 1.165) is 21.5 Å². The van der Waals surface area contributed by atoms with Crippen molar-refractivity contribution >= 4 is 15.9 Å². The Kier molecular flexibility index (Phi) is 2.90. The number of ether oxygens (including phenoxy) is 2. The number of hydrogen-bond donors (Lipinski definition) is 1. The molecule has 0 unspecified atom stereocenters. The monoisotopic (exact) mass is 259 g/mol. The van der Waals surface area contributed by atoms with Crippen molar-refractivity contribution in [1.82, 2.24) is 0 Å². The van der Waals surface area contributed by atoms with Gasteiger partial charge in [0.25, 0.3) is 0 Å². The highest BCUT2D eigenvalue weighted by Gasteiger charge is 2.19. The van der Waals surface area contributed by atoms with Gasteiger partial charge in [0.2, 0.25) is 6.79 Å². The molecule has 1 aromatic rings. The van der Waals surface area contributed by atoms with Gasteiger partial charge in [-0.25, -0.2) is 5.90 Å². The molecule has 0 atom stereocenters. The zero-order valence-corrected chi connectivity index (χ0v) is 9.04. The minimum absolute atomic E-state index is 0.280. The van der Waals surface area contributed by atoms with Crippen LogP contribution in [0.15, 0.2) is 16.6 Å². The van der Waals surface area contributed by atoms with Gasteiger partial charge >= 0.3 is 0 Å². The summed E-state index contributed by atoms with van der Waals surface area (Å²) in [5.41, 5.74) is 1.03. The third-order valence-corrected chi connectivity index (χ3v) is 2.80. The predicted molar refractivity (Wildman–Crippen MR) is 54.1 cm³/mol. The fourth-order valence-corrected chi connectivity index (χ4v) is 1.91. The Balaban J connectivity index is 2.31. The van der Waals surface area contributed by atoms with Crippen molar-refractivity contribution in [3.05, 3.63) is 22.2 Å². The highest BCUT2D eigenvalue weighted by atomic mass is 79.9. The first-order valence-corrected chi connectivity index (χ1v) is 5.01. The van der Waals surface area contributed by atoms with Crippen LogP contribution in [-0.4, -0.2) is 13.4 Å². The van der Waals surface area contributed by atoms with Crippen LogP contribution in [0.5, 0.6) is 11.5 Å². The zero-order chi connectivity index (χ0) is 9.97. The Morgan fingerprint density at radius 1 is 1.43 bits per heavy atom. The van der Waals surface area contributed by atoms with Crippen molar-refractivity contribution in [2.75, 3.05) is 13.4 Å². The van der Waals surface area contributed by atoms with E-state index in [-0.39, 0.29) is 6.79 Å². The maximum atomic E-state index is 5.36. The van der Waals surface area contributed by atoms with E-state index >= 15 is 0 Å². The second kappa shape index (κ2) is 4.16. The molecule has 2 N–H and O–H groups in total. The van der Waals surface area contributed by atoms with E-state index in [9.17, 15) is 0 Å². The van der Waals surface area contributed by atoms with Crippen LogP contribution in [0.25, 0.3) is 0 Å². The first kappa shape index (κ1) is 9.76. The smallest absolute Gasteiger partial charge is 0.231 e. The number of hydrogen-bond acceptors (Lipinski definition) is 4. The van der Waals surface area contributed by atoms with Gasteiger partial charge in [-0.2, -0.15) is 0 Å². The molecular weight excluding hydrogens is 250 g/mol. The zero-order valence-electron chi connectivity index (χ0n) is 7.46. The maximum Gasteiger partial charge on any atom is 0.231 e. The normalized spacial score (nSPS) is 13.3. The lowest BCUT2D eigenvalue weighted by molar-refractivity contribution is 0.139. The molecule has 1 aliphatic heterocycles. The molecule has 4 nitrogen and oxygen atoms in total. The molecule has 0 spiro atoms. The molecule has 76 valence electrons. The Morgan fingerprint density at radius 2 is 2.29 bits per heavy atom. The molecular formula is C9H10BrNO3. The summed E-state index contributed by atoms with van der Waals surface area (Å²) in [6, 6.07) is 3.80. The molecule has 14 heavy (non-hydrogen) atoms. The second-order valence-corrected chi connectivity index (χ2v) is 3.73. The molecule has 0 aromatic heterocycles. The summed E-state index contributed by atoms with van der Waals surface area (Å²) in [6.07, 6.45) is 0.698. The molecule has 0 fully saturated rings. The van der Waals surface area contributed by atoms with Gasteiger partial charge in [-0.1, -0.05) is 15.9 Å². The standard InChI is InChI=1S/C9H10BrNO3/c10-7-1-2-8-9(13-5-12-8)6(7)3-4-14-11/h1-2H,3-5,11H2. The van der Waals surface area contributed by atoms with E-state index in [1.165, 1.54) is 0 Å². The van der Waals surface area contributed by atoms with Crippen LogP contribution in [0.3, 0.4) is 0 Å². The van der Waals surface area contributed by atoms with Gasteiger partial charge in [0.1, 0.15) is 0 Å². The molecule has 1 aliphatic rings. The van der Waals surface area contributed by atoms with Crippen LogP contribution in [0.2, 0.25) is 0 Å². The van der Waals surface area contributed by atoms with Crippen molar-refractivity contribution in [3.63, 3.8) is 0 Å². The SMILES string of the molecule is NOCCc1c(Br)ccc2c1OCO2. The van der Waals surface area contributed by atoms with E-state index in [1.807, 2.05) is 12.1 Å². The van der Waals surface area contributed by atoms with Crippen molar-refractivity contribution in [3.8, 4) is 11.5 Å². The van der Waals surface area contributed by atoms with Gasteiger partial charge in [0.05, 0.1) is 6.61 Å². The molecule has 0 bridgehead atoms. The largest absolute Gasteiger partial charge is 0.454 e. The highest BCUT2D eigenvalue weighted by molar-refractivity contribution is 9.10. The molecule has 0 radical (unpaired) electrons.